The first-order valence-electron chi connectivity index (χ1n) is 5.48. The van der Waals surface area contributed by atoms with Gasteiger partial charge in [0.25, 0.3) is 0 Å². The van der Waals surface area contributed by atoms with Gasteiger partial charge in [0.15, 0.2) is 0 Å². The molecule has 0 spiro atoms. The van der Waals surface area contributed by atoms with E-state index in [4.69, 9.17) is 10.5 Å². The molecule has 0 saturated heterocycles. The van der Waals surface area contributed by atoms with Crippen LogP contribution in [0, 0.1) is 5.82 Å². The number of benzene rings is 1. The molecule has 0 aliphatic rings. The number of nitrogens with zero attached hydrogens (tertiary/aromatic N) is 1. The second-order valence-electron chi connectivity index (χ2n) is 4.10. The highest BCUT2D eigenvalue weighted by Gasteiger charge is 2.12. The fourth-order valence-electron chi connectivity index (χ4n) is 1.53. The summed E-state index contributed by atoms with van der Waals surface area (Å²) in [6.45, 7) is 2.26. The van der Waals surface area contributed by atoms with Crippen molar-refractivity contribution >= 4 is 11.4 Å². The van der Waals surface area contributed by atoms with Crippen molar-refractivity contribution in [2.24, 2.45) is 0 Å². The van der Waals surface area contributed by atoms with Gasteiger partial charge in [0.05, 0.1) is 24.6 Å². The SMILES string of the molecule is COc1cc(N(C)CCC(C)O)c(F)cc1N. The van der Waals surface area contributed by atoms with Crippen LogP contribution in [0.2, 0.25) is 0 Å². The second-order valence-corrected chi connectivity index (χ2v) is 4.10. The van der Waals surface area contributed by atoms with E-state index < -0.39 is 11.9 Å². The van der Waals surface area contributed by atoms with E-state index in [2.05, 4.69) is 0 Å². The first-order valence-corrected chi connectivity index (χ1v) is 5.48. The molecule has 0 aromatic heterocycles. The molecule has 0 bridgehead atoms. The molecular weight excluding hydrogens is 223 g/mol. The normalized spacial score (nSPS) is 12.3. The average Bonchev–Trinajstić information content (AvgIpc) is 2.26. The highest BCUT2D eigenvalue weighted by Crippen LogP contribution is 2.30. The van der Waals surface area contributed by atoms with Crippen LogP contribution in [0.5, 0.6) is 5.75 Å². The van der Waals surface area contributed by atoms with E-state index in [-0.39, 0.29) is 5.69 Å². The number of aliphatic hydroxyl groups is 1. The van der Waals surface area contributed by atoms with Gasteiger partial charge in [0.1, 0.15) is 11.6 Å². The van der Waals surface area contributed by atoms with Crippen LogP contribution in [0.4, 0.5) is 15.8 Å². The minimum Gasteiger partial charge on any atom is -0.495 e. The molecule has 0 amide bonds. The maximum atomic E-state index is 13.7. The van der Waals surface area contributed by atoms with Gasteiger partial charge < -0.3 is 20.5 Å². The molecule has 17 heavy (non-hydrogen) atoms. The molecule has 0 radical (unpaired) electrons. The third-order valence-corrected chi connectivity index (χ3v) is 2.59. The fraction of sp³-hybridized carbons (Fsp3) is 0.500. The zero-order chi connectivity index (χ0) is 13.0. The molecule has 1 unspecified atom stereocenters. The van der Waals surface area contributed by atoms with Gasteiger partial charge >= 0.3 is 0 Å². The van der Waals surface area contributed by atoms with Crippen LogP contribution in [0.15, 0.2) is 12.1 Å². The fourth-order valence-corrected chi connectivity index (χ4v) is 1.53. The van der Waals surface area contributed by atoms with E-state index in [0.717, 1.165) is 0 Å². The van der Waals surface area contributed by atoms with Gasteiger partial charge in [0.2, 0.25) is 0 Å². The van der Waals surface area contributed by atoms with Crippen LogP contribution < -0.4 is 15.4 Å². The first-order chi connectivity index (χ1) is 7.95. The molecule has 1 aromatic rings. The van der Waals surface area contributed by atoms with E-state index in [1.54, 1.807) is 24.9 Å². The number of nitrogens with two attached hydrogens (primary N) is 1. The summed E-state index contributed by atoms with van der Waals surface area (Å²) in [5, 5.41) is 9.20. The highest BCUT2D eigenvalue weighted by atomic mass is 19.1. The van der Waals surface area contributed by atoms with Crippen molar-refractivity contribution in [1.29, 1.82) is 0 Å². The molecule has 3 N–H and O–H groups in total. The lowest BCUT2D eigenvalue weighted by Crippen LogP contribution is -2.22. The topological polar surface area (TPSA) is 58.7 Å². The monoisotopic (exact) mass is 242 g/mol. The molecule has 4 nitrogen and oxygen atoms in total. The predicted octanol–water partition coefficient (Wildman–Crippen LogP) is 1.62. The first kappa shape index (κ1) is 13.6. The molecule has 1 aromatic carbocycles. The number of hydrogen-bond donors (Lipinski definition) is 2. The minimum absolute atomic E-state index is 0.276. The summed E-state index contributed by atoms with van der Waals surface area (Å²) in [4.78, 5) is 1.73. The number of anilines is 2. The van der Waals surface area contributed by atoms with Gasteiger partial charge in [-0.15, -0.1) is 0 Å². The average molecular weight is 242 g/mol. The number of nitrogen functional groups attached to an aromatic ring is 1. The van der Waals surface area contributed by atoms with Gasteiger partial charge in [0, 0.05) is 25.7 Å². The number of halogens is 1. The summed E-state index contributed by atoms with van der Waals surface area (Å²) in [6.07, 6.45) is 0.166. The van der Waals surface area contributed by atoms with Crippen LogP contribution in [-0.4, -0.2) is 31.9 Å². The van der Waals surface area contributed by atoms with Gasteiger partial charge in [-0.3, -0.25) is 0 Å². The number of methoxy groups -OCH3 is 1. The minimum atomic E-state index is -0.406. The summed E-state index contributed by atoms with van der Waals surface area (Å²) in [6, 6.07) is 2.81. The predicted molar refractivity (Wildman–Crippen MR) is 66.9 cm³/mol. The molecule has 0 aliphatic heterocycles. The Morgan fingerprint density at radius 2 is 2.18 bits per heavy atom. The summed E-state index contributed by atoms with van der Waals surface area (Å²) < 4.78 is 18.8. The lowest BCUT2D eigenvalue weighted by Gasteiger charge is -2.21. The zero-order valence-electron chi connectivity index (χ0n) is 10.4. The highest BCUT2D eigenvalue weighted by molar-refractivity contribution is 5.63. The van der Waals surface area contributed by atoms with Crippen molar-refractivity contribution in [1.82, 2.24) is 0 Å². The molecule has 1 rings (SSSR count). The Labute approximate surface area is 101 Å². The third kappa shape index (κ3) is 3.49. The zero-order valence-corrected chi connectivity index (χ0v) is 10.4. The van der Waals surface area contributed by atoms with Gasteiger partial charge in [-0.25, -0.2) is 4.39 Å². The Morgan fingerprint density at radius 1 is 1.53 bits per heavy atom. The van der Waals surface area contributed by atoms with Crippen molar-refractivity contribution in [3.8, 4) is 5.75 Å². The number of hydrogen-bond acceptors (Lipinski definition) is 4. The van der Waals surface area contributed by atoms with E-state index in [0.29, 0.717) is 24.4 Å². The quantitative estimate of drug-likeness (QED) is 0.770. The van der Waals surface area contributed by atoms with Gasteiger partial charge in [-0.05, 0) is 13.3 Å². The second kappa shape index (κ2) is 5.72. The number of aliphatic hydroxyl groups excluding tert-OH is 1. The number of rotatable bonds is 5. The molecule has 1 atom stereocenters. The van der Waals surface area contributed by atoms with Crippen molar-refractivity contribution < 1.29 is 14.2 Å². The Bertz CT molecular complexity index is 383. The maximum absolute atomic E-state index is 13.7. The Balaban J connectivity index is 2.89. The molecule has 0 fully saturated rings. The van der Waals surface area contributed by atoms with Crippen LogP contribution in [0.25, 0.3) is 0 Å². The van der Waals surface area contributed by atoms with Crippen LogP contribution in [-0.2, 0) is 0 Å². The van der Waals surface area contributed by atoms with E-state index >= 15 is 0 Å². The molecular formula is C12H19FN2O2. The van der Waals surface area contributed by atoms with Crippen LogP contribution in [0.1, 0.15) is 13.3 Å². The molecule has 5 heteroatoms. The summed E-state index contributed by atoms with van der Waals surface area (Å²) >= 11 is 0. The van der Waals surface area contributed by atoms with Crippen molar-refractivity contribution in [3.63, 3.8) is 0 Å². The van der Waals surface area contributed by atoms with Crippen LogP contribution in [0.3, 0.4) is 0 Å². The van der Waals surface area contributed by atoms with E-state index in [9.17, 15) is 9.50 Å². The van der Waals surface area contributed by atoms with Crippen molar-refractivity contribution in [2.75, 3.05) is 31.3 Å². The van der Waals surface area contributed by atoms with Crippen LogP contribution >= 0.6 is 0 Å². The summed E-state index contributed by atoms with van der Waals surface area (Å²) in [7, 11) is 3.25. The molecule has 0 saturated carbocycles. The maximum Gasteiger partial charge on any atom is 0.148 e. The van der Waals surface area contributed by atoms with Gasteiger partial charge in [-0.2, -0.15) is 0 Å². The smallest absolute Gasteiger partial charge is 0.148 e. The summed E-state index contributed by atoms with van der Waals surface area (Å²) in [5.41, 5.74) is 6.29. The summed E-state index contributed by atoms with van der Waals surface area (Å²) in [5.74, 6) is 0.0571. The number of ether oxygens (including phenoxy) is 1. The lowest BCUT2D eigenvalue weighted by atomic mass is 10.2. The standard InChI is InChI=1S/C12H19FN2O2/c1-8(16)4-5-15(2)11-7-12(17-3)10(14)6-9(11)13/h6-8,16H,4-5,14H2,1-3H3. The molecule has 0 aliphatic carbocycles. The third-order valence-electron chi connectivity index (χ3n) is 2.59. The molecule has 0 heterocycles. The van der Waals surface area contributed by atoms with Crippen molar-refractivity contribution in [2.45, 2.75) is 19.4 Å². The van der Waals surface area contributed by atoms with E-state index in [1.807, 2.05) is 0 Å². The molecule has 96 valence electrons. The lowest BCUT2D eigenvalue weighted by molar-refractivity contribution is 0.187. The Morgan fingerprint density at radius 3 is 2.71 bits per heavy atom. The van der Waals surface area contributed by atoms with Crippen molar-refractivity contribution in [3.05, 3.63) is 17.9 Å². The van der Waals surface area contributed by atoms with Gasteiger partial charge in [-0.1, -0.05) is 0 Å². The largest absolute Gasteiger partial charge is 0.495 e. The Hall–Kier alpha value is -1.49. The van der Waals surface area contributed by atoms with E-state index in [1.165, 1.54) is 13.2 Å². The Kier molecular flexibility index (Phi) is 4.57.